The van der Waals surface area contributed by atoms with Gasteiger partial charge < -0.3 is 10.2 Å². The molecule has 2 unspecified atom stereocenters. The quantitative estimate of drug-likeness (QED) is 0.684. The molecule has 96 valence electrons. The average molecular weight is 226 g/mol. The lowest BCUT2D eigenvalue weighted by Gasteiger charge is -2.32. The fraction of sp³-hybridized carbons (Fsp3) is 1.00. The highest BCUT2D eigenvalue weighted by Gasteiger charge is 2.29. The molecule has 1 N–H and O–H groups in total. The highest BCUT2D eigenvalue weighted by atomic mass is 15.1. The number of hydrogen-bond acceptors (Lipinski definition) is 2. The maximum atomic E-state index is 3.73. The second-order valence-electron chi connectivity index (χ2n) is 5.64. The smallest absolute Gasteiger partial charge is 0.0242 e. The number of nitrogens with zero attached hydrogens (tertiary/aromatic N) is 1. The molecule has 2 heteroatoms. The summed E-state index contributed by atoms with van der Waals surface area (Å²) < 4.78 is 0. The first-order valence-electron chi connectivity index (χ1n) is 6.99. The van der Waals surface area contributed by atoms with E-state index in [0.717, 1.165) is 24.4 Å². The standard InChI is InChI=1S/C14H30N2/c1-6-12(7-2)14(16(4)5)10-15-11(3)13-8-9-13/h11-15H,6-10H2,1-5H3. The van der Waals surface area contributed by atoms with E-state index in [2.05, 4.69) is 45.1 Å². The minimum atomic E-state index is 0.691. The Labute approximate surface area is 102 Å². The van der Waals surface area contributed by atoms with Gasteiger partial charge >= 0.3 is 0 Å². The topological polar surface area (TPSA) is 15.3 Å². The van der Waals surface area contributed by atoms with E-state index < -0.39 is 0 Å². The first-order valence-corrected chi connectivity index (χ1v) is 6.99. The van der Waals surface area contributed by atoms with Gasteiger partial charge in [0, 0.05) is 18.6 Å². The average Bonchev–Trinajstić information content (AvgIpc) is 3.06. The van der Waals surface area contributed by atoms with Crippen LogP contribution in [0, 0.1) is 11.8 Å². The number of nitrogens with one attached hydrogen (secondary N) is 1. The van der Waals surface area contributed by atoms with Crippen molar-refractivity contribution in [2.45, 2.75) is 58.5 Å². The van der Waals surface area contributed by atoms with Crippen LogP contribution in [0.1, 0.15) is 46.5 Å². The minimum Gasteiger partial charge on any atom is -0.312 e. The highest BCUT2D eigenvalue weighted by Crippen LogP contribution is 2.32. The van der Waals surface area contributed by atoms with Gasteiger partial charge in [-0.2, -0.15) is 0 Å². The summed E-state index contributed by atoms with van der Waals surface area (Å²) in [4.78, 5) is 2.39. The monoisotopic (exact) mass is 226 g/mol. The zero-order valence-electron chi connectivity index (χ0n) is 11.8. The van der Waals surface area contributed by atoms with Crippen molar-refractivity contribution >= 4 is 0 Å². The Bertz CT molecular complexity index is 183. The van der Waals surface area contributed by atoms with Crippen LogP contribution in [-0.4, -0.2) is 37.6 Å². The Kier molecular flexibility index (Phi) is 5.77. The lowest BCUT2D eigenvalue weighted by molar-refractivity contribution is 0.188. The molecule has 1 fully saturated rings. The van der Waals surface area contributed by atoms with Gasteiger partial charge in [0.1, 0.15) is 0 Å². The summed E-state index contributed by atoms with van der Waals surface area (Å²) >= 11 is 0. The van der Waals surface area contributed by atoms with E-state index >= 15 is 0 Å². The molecule has 16 heavy (non-hydrogen) atoms. The summed E-state index contributed by atoms with van der Waals surface area (Å²) in [5.74, 6) is 1.79. The van der Waals surface area contributed by atoms with E-state index in [9.17, 15) is 0 Å². The molecule has 1 rings (SSSR count). The lowest BCUT2D eigenvalue weighted by atomic mass is 9.93. The molecule has 0 saturated heterocycles. The van der Waals surface area contributed by atoms with Crippen molar-refractivity contribution in [3.63, 3.8) is 0 Å². The molecule has 0 spiro atoms. The van der Waals surface area contributed by atoms with Gasteiger partial charge in [-0.25, -0.2) is 0 Å². The van der Waals surface area contributed by atoms with E-state index in [4.69, 9.17) is 0 Å². The van der Waals surface area contributed by atoms with E-state index in [1.54, 1.807) is 0 Å². The zero-order chi connectivity index (χ0) is 12.1. The summed E-state index contributed by atoms with van der Waals surface area (Å²) in [6.45, 7) is 8.12. The van der Waals surface area contributed by atoms with Crippen molar-refractivity contribution in [2.75, 3.05) is 20.6 Å². The Morgan fingerprint density at radius 3 is 2.12 bits per heavy atom. The number of rotatable bonds is 8. The Hall–Kier alpha value is -0.0800. The third-order valence-electron chi connectivity index (χ3n) is 4.23. The summed E-state index contributed by atoms with van der Waals surface area (Å²) in [6, 6.07) is 1.41. The maximum absolute atomic E-state index is 3.73. The molecule has 1 aliphatic carbocycles. The van der Waals surface area contributed by atoms with Crippen molar-refractivity contribution in [1.29, 1.82) is 0 Å². The van der Waals surface area contributed by atoms with Gasteiger partial charge in [-0.1, -0.05) is 26.7 Å². The summed E-state index contributed by atoms with van der Waals surface area (Å²) in [5.41, 5.74) is 0. The summed E-state index contributed by atoms with van der Waals surface area (Å²) in [5, 5.41) is 3.73. The van der Waals surface area contributed by atoms with Gasteiger partial charge in [0.05, 0.1) is 0 Å². The lowest BCUT2D eigenvalue weighted by Crippen LogP contribution is -2.45. The summed E-state index contributed by atoms with van der Waals surface area (Å²) in [6.07, 6.45) is 5.45. The number of hydrogen-bond donors (Lipinski definition) is 1. The first-order chi connectivity index (χ1) is 7.60. The highest BCUT2D eigenvalue weighted by molar-refractivity contribution is 4.85. The SMILES string of the molecule is CCC(CC)C(CNC(C)C1CC1)N(C)C. The second-order valence-corrected chi connectivity index (χ2v) is 5.64. The van der Waals surface area contributed by atoms with Crippen LogP contribution in [0.2, 0.25) is 0 Å². The van der Waals surface area contributed by atoms with Gasteiger partial charge in [-0.05, 0) is 45.7 Å². The third-order valence-corrected chi connectivity index (χ3v) is 4.23. The van der Waals surface area contributed by atoms with E-state index in [1.165, 1.54) is 25.7 Å². The van der Waals surface area contributed by atoms with Crippen LogP contribution in [0.15, 0.2) is 0 Å². The summed E-state index contributed by atoms with van der Waals surface area (Å²) in [7, 11) is 4.43. The van der Waals surface area contributed by atoms with E-state index in [1.807, 2.05) is 0 Å². The van der Waals surface area contributed by atoms with Gasteiger partial charge in [-0.15, -0.1) is 0 Å². The molecule has 0 aromatic heterocycles. The third kappa shape index (κ3) is 4.06. The largest absolute Gasteiger partial charge is 0.312 e. The van der Waals surface area contributed by atoms with E-state index in [-0.39, 0.29) is 0 Å². The van der Waals surface area contributed by atoms with Crippen LogP contribution in [0.5, 0.6) is 0 Å². The van der Waals surface area contributed by atoms with Gasteiger partial charge in [0.2, 0.25) is 0 Å². The Morgan fingerprint density at radius 2 is 1.75 bits per heavy atom. The van der Waals surface area contributed by atoms with Crippen molar-refractivity contribution < 1.29 is 0 Å². The predicted octanol–water partition coefficient (Wildman–Crippen LogP) is 2.74. The molecule has 0 aromatic rings. The Balaban J connectivity index is 2.37. The first kappa shape index (κ1) is 14.0. The van der Waals surface area contributed by atoms with E-state index in [0.29, 0.717) is 6.04 Å². The molecule has 0 amide bonds. The van der Waals surface area contributed by atoms with Crippen molar-refractivity contribution in [3.8, 4) is 0 Å². The van der Waals surface area contributed by atoms with Gasteiger partial charge in [0.25, 0.3) is 0 Å². The van der Waals surface area contributed by atoms with Gasteiger partial charge in [-0.3, -0.25) is 0 Å². The molecule has 1 aliphatic rings. The molecular formula is C14H30N2. The fourth-order valence-corrected chi connectivity index (χ4v) is 2.67. The molecular weight excluding hydrogens is 196 g/mol. The van der Waals surface area contributed by atoms with Crippen LogP contribution >= 0.6 is 0 Å². The molecule has 0 aromatic carbocycles. The second kappa shape index (κ2) is 6.61. The molecule has 0 aliphatic heterocycles. The molecule has 0 bridgehead atoms. The fourth-order valence-electron chi connectivity index (χ4n) is 2.67. The molecule has 2 atom stereocenters. The normalized spacial score (nSPS) is 20.4. The molecule has 1 saturated carbocycles. The van der Waals surface area contributed by atoms with Crippen LogP contribution < -0.4 is 5.32 Å². The predicted molar refractivity (Wildman–Crippen MR) is 71.7 cm³/mol. The molecule has 0 heterocycles. The zero-order valence-corrected chi connectivity index (χ0v) is 11.8. The van der Waals surface area contributed by atoms with Crippen LogP contribution in [0.3, 0.4) is 0 Å². The minimum absolute atomic E-state index is 0.691. The molecule has 2 nitrogen and oxygen atoms in total. The Morgan fingerprint density at radius 1 is 1.19 bits per heavy atom. The van der Waals surface area contributed by atoms with Crippen molar-refractivity contribution in [1.82, 2.24) is 10.2 Å². The van der Waals surface area contributed by atoms with Crippen LogP contribution in [0.25, 0.3) is 0 Å². The molecule has 0 radical (unpaired) electrons. The van der Waals surface area contributed by atoms with Crippen LogP contribution in [0.4, 0.5) is 0 Å². The van der Waals surface area contributed by atoms with Crippen molar-refractivity contribution in [3.05, 3.63) is 0 Å². The maximum Gasteiger partial charge on any atom is 0.0242 e. The van der Waals surface area contributed by atoms with Crippen LogP contribution in [-0.2, 0) is 0 Å². The van der Waals surface area contributed by atoms with Gasteiger partial charge in [0.15, 0.2) is 0 Å². The number of likely N-dealkylation sites (N-methyl/N-ethyl adjacent to an activating group) is 1. The van der Waals surface area contributed by atoms with Crippen molar-refractivity contribution in [2.24, 2.45) is 11.8 Å².